The quantitative estimate of drug-likeness (QED) is 0.930. The summed E-state index contributed by atoms with van der Waals surface area (Å²) in [5.74, 6) is 2.82. The predicted molar refractivity (Wildman–Crippen MR) is 84.3 cm³/mol. The first-order valence-corrected chi connectivity index (χ1v) is 8.91. The zero-order chi connectivity index (χ0) is 14.4. The predicted octanol–water partition coefficient (Wildman–Crippen LogP) is 2.98. The third-order valence-corrected chi connectivity index (χ3v) is 6.56. The lowest BCUT2D eigenvalue weighted by Crippen LogP contribution is -2.59. The standard InChI is InChI=1S/C16H23N3OS/c1-19(10-14(20)18-15-17-2-3-21-15)16-7-11-4-12(8-16)6-13(5-11)9-16/h2-3,11-13H,4-10H2,1H3,(H,17,18,20). The molecule has 4 saturated carbocycles. The van der Waals surface area contributed by atoms with E-state index in [2.05, 4.69) is 22.2 Å². The molecule has 1 heterocycles. The van der Waals surface area contributed by atoms with Crippen molar-refractivity contribution in [1.82, 2.24) is 9.88 Å². The number of likely N-dealkylation sites (N-methyl/N-ethyl adjacent to an activating group) is 1. The smallest absolute Gasteiger partial charge is 0.240 e. The van der Waals surface area contributed by atoms with Crippen molar-refractivity contribution in [3.63, 3.8) is 0 Å². The molecule has 4 fully saturated rings. The molecule has 0 unspecified atom stereocenters. The van der Waals surface area contributed by atoms with Gasteiger partial charge in [0, 0.05) is 17.1 Å². The number of carbonyl (C=O) groups is 1. The summed E-state index contributed by atoms with van der Waals surface area (Å²) in [6, 6.07) is 0. The summed E-state index contributed by atoms with van der Waals surface area (Å²) in [6.45, 7) is 0.492. The van der Waals surface area contributed by atoms with Crippen LogP contribution in [0.3, 0.4) is 0 Å². The summed E-state index contributed by atoms with van der Waals surface area (Å²) < 4.78 is 0. The second kappa shape index (κ2) is 5.06. The molecule has 1 N–H and O–H groups in total. The van der Waals surface area contributed by atoms with E-state index in [-0.39, 0.29) is 5.91 Å². The summed E-state index contributed by atoms with van der Waals surface area (Å²) in [6.07, 6.45) is 9.97. The third-order valence-electron chi connectivity index (χ3n) is 5.88. The fraction of sp³-hybridized carbons (Fsp3) is 0.750. The highest BCUT2D eigenvalue weighted by Gasteiger charge is 2.52. The maximum absolute atomic E-state index is 12.2. The van der Waals surface area contributed by atoms with Gasteiger partial charge in [-0.1, -0.05) is 0 Å². The van der Waals surface area contributed by atoms with Crippen LogP contribution in [-0.2, 0) is 4.79 Å². The molecule has 0 atom stereocenters. The molecule has 0 aliphatic heterocycles. The highest BCUT2D eigenvalue weighted by Crippen LogP contribution is 2.57. The minimum absolute atomic E-state index is 0.0724. The van der Waals surface area contributed by atoms with Crippen LogP contribution in [0.25, 0.3) is 0 Å². The lowest BCUT2D eigenvalue weighted by atomic mass is 9.52. The van der Waals surface area contributed by atoms with E-state index in [9.17, 15) is 4.79 Å². The van der Waals surface area contributed by atoms with Crippen LogP contribution < -0.4 is 5.32 Å². The van der Waals surface area contributed by atoms with Crippen LogP contribution in [0, 0.1) is 17.8 Å². The Balaban J connectivity index is 1.42. The van der Waals surface area contributed by atoms with Gasteiger partial charge in [0.1, 0.15) is 0 Å². The Morgan fingerprint density at radius 2 is 1.95 bits per heavy atom. The molecule has 0 aromatic carbocycles. The Bertz CT molecular complexity index is 492. The molecule has 1 aromatic rings. The Labute approximate surface area is 129 Å². The molecule has 4 bridgehead atoms. The fourth-order valence-corrected chi connectivity index (χ4v) is 5.90. The Hall–Kier alpha value is -0.940. The minimum atomic E-state index is 0.0724. The summed E-state index contributed by atoms with van der Waals surface area (Å²) in [5.41, 5.74) is 0.301. The van der Waals surface area contributed by atoms with Gasteiger partial charge in [0.05, 0.1) is 6.54 Å². The molecular formula is C16H23N3OS. The summed E-state index contributed by atoms with van der Waals surface area (Å²) in [5, 5.41) is 5.51. The lowest BCUT2D eigenvalue weighted by Gasteiger charge is -2.59. The number of carbonyl (C=O) groups excluding carboxylic acids is 1. The average molecular weight is 305 g/mol. The van der Waals surface area contributed by atoms with Gasteiger partial charge in [-0.3, -0.25) is 9.69 Å². The Morgan fingerprint density at radius 1 is 1.33 bits per heavy atom. The number of amides is 1. The van der Waals surface area contributed by atoms with Crippen LogP contribution in [0.4, 0.5) is 5.13 Å². The van der Waals surface area contributed by atoms with E-state index in [4.69, 9.17) is 0 Å². The number of thiazole rings is 1. The molecule has 4 aliphatic carbocycles. The molecular weight excluding hydrogens is 282 g/mol. The van der Waals surface area contributed by atoms with E-state index < -0.39 is 0 Å². The number of anilines is 1. The number of nitrogens with one attached hydrogen (secondary N) is 1. The van der Waals surface area contributed by atoms with Crippen LogP contribution in [0.2, 0.25) is 0 Å². The van der Waals surface area contributed by atoms with Crippen molar-refractivity contribution in [2.45, 2.75) is 44.1 Å². The second-order valence-corrected chi connectivity index (χ2v) is 8.28. The van der Waals surface area contributed by atoms with Crippen LogP contribution in [-0.4, -0.2) is 34.9 Å². The Morgan fingerprint density at radius 3 is 2.48 bits per heavy atom. The van der Waals surface area contributed by atoms with Crippen LogP contribution in [0.1, 0.15) is 38.5 Å². The van der Waals surface area contributed by atoms with Gasteiger partial charge in [-0.15, -0.1) is 11.3 Å². The number of hydrogen-bond acceptors (Lipinski definition) is 4. The van der Waals surface area contributed by atoms with E-state index in [1.54, 1.807) is 6.20 Å². The van der Waals surface area contributed by atoms with Gasteiger partial charge in [0.15, 0.2) is 5.13 Å². The number of rotatable bonds is 4. The fourth-order valence-electron chi connectivity index (χ4n) is 5.36. The van der Waals surface area contributed by atoms with Crippen molar-refractivity contribution < 1.29 is 4.79 Å². The number of hydrogen-bond donors (Lipinski definition) is 1. The van der Waals surface area contributed by atoms with E-state index >= 15 is 0 Å². The van der Waals surface area contributed by atoms with Gasteiger partial charge in [-0.2, -0.15) is 0 Å². The second-order valence-electron chi connectivity index (χ2n) is 7.38. The van der Waals surface area contributed by atoms with E-state index in [0.29, 0.717) is 17.2 Å². The lowest BCUT2D eigenvalue weighted by molar-refractivity contribution is -0.123. The molecule has 0 radical (unpaired) electrons. The molecule has 5 rings (SSSR count). The van der Waals surface area contributed by atoms with Gasteiger partial charge in [0.2, 0.25) is 5.91 Å². The topological polar surface area (TPSA) is 45.2 Å². The zero-order valence-electron chi connectivity index (χ0n) is 12.5. The van der Waals surface area contributed by atoms with Crippen molar-refractivity contribution in [3.05, 3.63) is 11.6 Å². The summed E-state index contributed by atoms with van der Waals surface area (Å²) >= 11 is 1.48. The van der Waals surface area contributed by atoms with E-state index in [1.807, 2.05) is 5.38 Å². The third kappa shape index (κ3) is 2.50. The zero-order valence-corrected chi connectivity index (χ0v) is 13.4. The van der Waals surface area contributed by atoms with Crippen molar-refractivity contribution >= 4 is 22.4 Å². The van der Waals surface area contributed by atoms with Gasteiger partial charge >= 0.3 is 0 Å². The summed E-state index contributed by atoms with van der Waals surface area (Å²) in [4.78, 5) is 18.7. The molecule has 0 saturated heterocycles. The molecule has 21 heavy (non-hydrogen) atoms. The molecule has 5 heteroatoms. The van der Waals surface area contributed by atoms with Crippen LogP contribution >= 0.6 is 11.3 Å². The van der Waals surface area contributed by atoms with Gasteiger partial charge in [0.25, 0.3) is 0 Å². The monoisotopic (exact) mass is 305 g/mol. The molecule has 0 spiro atoms. The maximum Gasteiger partial charge on any atom is 0.240 e. The average Bonchev–Trinajstić information content (AvgIpc) is 2.89. The highest BCUT2D eigenvalue weighted by atomic mass is 32.1. The minimum Gasteiger partial charge on any atom is -0.301 e. The molecule has 4 nitrogen and oxygen atoms in total. The molecule has 4 aliphatic rings. The number of nitrogens with zero attached hydrogens (tertiary/aromatic N) is 2. The first kappa shape index (κ1) is 13.7. The highest BCUT2D eigenvalue weighted by molar-refractivity contribution is 7.13. The Kier molecular flexibility index (Phi) is 3.30. The largest absolute Gasteiger partial charge is 0.301 e. The molecule has 1 amide bonds. The van der Waals surface area contributed by atoms with E-state index in [1.165, 1.54) is 49.9 Å². The first-order valence-electron chi connectivity index (χ1n) is 8.03. The van der Waals surface area contributed by atoms with Gasteiger partial charge in [-0.25, -0.2) is 4.98 Å². The van der Waals surface area contributed by atoms with Crippen molar-refractivity contribution in [3.8, 4) is 0 Å². The normalized spacial score (nSPS) is 37.1. The van der Waals surface area contributed by atoms with Gasteiger partial charge in [-0.05, 0) is 63.3 Å². The number of aromatic nitrogens is 1. The maximum atomic E-state index is 12.2. The van der Waals surface area contributed by atoms with Crippen LogP contribution in [0.15, 0.2) is 11.6 Å². The molecule has 114 valence electrons. The molecule has 1 aromatic heterocycles. The summed E-state index contributed by atoms with van der Waals surface area (Å²) in [7, 11) is 2.15. The van der Waals surface area contributed by atoms with E-state index in [0.717, 1.165) is 17.8 Å². The van der Waals surface area contributed by atoms with Crippen molar-refractivity contribution in [1.29, 1.82) is 0 Å². The van der Waals surface area contributed by atoms with Crippen molar-refractivity contribution in [2.24, 2.45) is 17.8 Å². The first-order chi connectivity index (χ1) is 10.1. The van der Waals surface area contributed by atoms with Crippen LogP contribution in [0.5, 0.6) is 0 Å². The van der Waals surface area contributed by atoms with Crippen molar-refractivity contribution in [2.75, 3.05) is 18.9 Å². The SMILES string of the molecule is CN(CC(=O)Nc1nccs1)C12CC3CC(CC(C3)C1)C2. The van der Waals surface area contributed by atoms with Gasteiger partial charge < -0.3 is 5.32 Å².